The fourth-order valence-corrected chi connectivity index (χ4v) is 9.92. The summed E-state index contributed by atoms with van der Waals surface area (Å²) in [5, 5.41) is 10.2. The van der Waals surface area contributed by atoms with E-state index in [1.165, 1.54) is 47.7 Å². The van der Waals surface area contributed by atoms with E-state index in [4.69, 9.17) is 9.98 Å². The molecule has 1 aromatic heterocycles. The molecule has 2 unspecified atom stereocenters. The molecule has 2 atom stereocenters. The Morgan fingerprint density at radius 1 is 0.508 bits per heavy atom. The monoisotopic (exact) mass is 802 g/mol. The van der Waals surface area contributed by atoms with Gasteiger partial charge >= 0.3 is 0 Å². The van der Waals surface area contributed by atoms with E-state index in [0.717, 1.165) is 63.6 Å². The van der Waals surface area contributed by atoms with Crippen LogP contribution in [0.5, 0.6) is 0 Å². The van der Waals surface area contributed by atoms with E-state index in [0.29, 0.717) is 0 Å². The lowest BCUT2D eigenvalue weighted by molar-refractivity contribution is 0.664. The Morgan fingerprint density at radius 3 is 1.84 bits per heavy atom. The molecule has 3 aliphatic rings. The average Bonchev–Trinajstić information content (AvgIpc) is 3.73. The lowest BCUT2D eigenvalue weighted by atomic mass is 9.94. The molecular formula is C56H42N4S. The number of amidine groups is 1. The normalized spacial score (nSPS) is 17.0. The quantitative estimate of drug-likeness (QED) is 0.161. The van der Waals surface area contributed by atoms with E-state index >= 15 is 0 Å². The summed E-state index contributed by atoms with van der Waals surface area (Å²) < 4.78 is 2.70. The number of hydrogen-bond donors (Lipinski definition) is 2. The van der Waals surface area contributed by atoms with Crippen molar-refractivity contribution in [3.05, 3.63) is 237 Å². The van der Waals surface area contributed by atoms with E-state index in [-0.39, 0.29) is 12.2 Å². The number of allylic oxidation sites excluding steroid dienone is 1. The highest BCUT2D eigenvalue weighted by Gasteiger charge is 2.22. The second-order valence-electron chi connectivity index (χ2n) is 15.7. The number of hydrogen-bond acceptors (Lipinski definition) is 5. The Balaban J connectivity index is 0.951. The predicted molar refractivity (Wildman–Crippen MR) is 257 cm³/mol. The van der Waals surface area contributed by atoms with Crippen molar-refractivity contribution in [2.24, 2.45) is 9.98 Å². The van der Waals surface area contributed by atoms with Crippen LogP contribution in [0.3, 0.4) is 0 Å². The highest BCUT2D eigenvalue weighted by molar-refractivity contribution is 7.17. The van der Waals surface area contributed by atoms with Crippen molar-refractivity contribution in [3.8, 4) is 22.3 Å². The Hall–Kier alpha value is -7.34. The van der Waals surface area contributed by atoms with Crippen LogP contribution in [0.2, 0.25) is 0 Å². The maximum Gasteiger partial charge on any atom is 0.145 e. The summed E-state index contributed by atoms with van der Waals surface area (Å²) in [5.41, 5.74) is 14.6. The predicted octanol–water partition coefficient (Wildman–Crippen LogP) is 11.9. The Morgan fingerprint density at radius 2 is 1.11 bits per heavy atom. The smallest absolute Gasteiger partial charge is 0.145 e. The molecule has 5 heteroatoms. The van der Waals surface area contributed by atoms with E-state index in [9.17, 15) is 0 Å². The van der Waals surface area contributed by atoms with Crippen molar-refractivity contribution >= 4 is 56.5 Å². The van der Waals surface area contributed by atoms with E-state index in [1.54, 1.807) is 0 Å². The third-order valence-corrected chi connectivity index (χ3v) is 13.1. The molecule has 3 heterocycles. The molecule has 0 saturated heterocycles. The van der Waals surface area contributed by atoms with Gasteiger partial charge in [0.05, 0.1) is 17.5 Å². The summed E-state index contributed by atoms with van der Waals surface area (Å²) in [7, 11) is 0. The number of aliphatic imine (C=N–C) groups is 2. The number of nitrogens with zero attached hydrogens (tertiary/aromatic N) is 2. The van der Waals surface area contributed by atoms with Crippen LogP contribution < -0.4 is 20.4 Å². The summed E-state index contributed by atoms with van der Waals surface area (Å²) in [6.07, 6.45) is 11.2. The topological polar surface area (TPSA) is 48.8 Å². The number of nitrogens with one attached hydrogen (secondary N) is 2. The minimum Gasteiger partial charge on any atom is -0.360 e. The van der Waals surface area contributed by atoms with Crippen molar-refractivity contribution in [3.63, 3.8) is 0 Å². The van der Waals surface area contributed by atoms with Crippen molar-refractivity contribution in [2.45, 2.75) is 25.0 Å². The van der Waals surface area contributed by atoms with Crippen LogP contribution in [0.15, 0.2) is 204 Å². The summed E-state index contributed by atoms with van der Waals surface area (Å²) >= 11 is 1.91. The Bertz CT molecular complexity index is 3150. The first kappa shape index (κ1) is 36.7. The first-order valence-electron chi connectivity index (χ1n) is 21.0. The van der Waals surface area contributed by atoms with Crippen molar-refractivity contribution in [1.82, 2.24) is 10.6 Å². The number of benzene rings is 7. The molecule has 2 N–H and O–H groups in total. The van der Waals surface area contributed by atoms with Gasteiger partial charge in [0.15, 0.2) is 0 Å². The first-order valence-corrected chi connectivity index (χ1v) is 21.8. The molecule has 0 bridgehead atoms. The standard InChI is InChI=1S/C56H42N4S/c1-5-15-39(16-6-1)49-35-50(40-17-7-2-8-18-40)59-56(58-49)44-31-27-38(28-32-44)47-33-45(34-48-46-23-13-14-24-53(46)61-54(47)48)37-25-29-42(30-26-37)52-36-51(41-19-9-3-10-20-41)57-55(60-52)43-21-11-4-12-22-43/h1-12,15-36,49,55,60H,13-14H2,(H,58,59). The molecule has 1 aliphatic carbocycles. The van der Waals surface area contributed by atoms with Gasteiger partial charge in [0.2, 0.25) is 0 Å². The molecule has 61 heavy (non-hydrogen) atoms. The zero-order valence-corrected chi connectivity index (χ0v) is 34.3. The number of rotatable bonds is 8. The van der Waals surface area contributed by atoms with E-state index < -0.39 is 0 Å². The third kappa shape index (κ3) is 7.34. The first-order chi connectivity index (χ1) is 30.2. The SMILES string of the molecule is C1=C(c2ccccc2)N=C(c2ccc(-c3cc(-c4ccc(C5=CC(c6ccccc6)=NC(c6ccccc6)N5)cc4)cc4c5c(sc34)=CCCC=5)cc2)NC1c1ccccc1. The summed E-state index contributed by atoms with van der Waals surface area (Å²) in [5.74, 6) is 0.872. The van der Waals surface area contributed by atoms with Gasteiger partial charge in [-0.2, -0.15) is 0 Å². The molecule has 0 fully saturated rings. The molecule has 8 aromatic rings. The zero-order valence-electron chi connectivity index (χ0n) is 33.5. The average molecular weight is 803 g/mol. The van der Waals surface area contributed by atoms with Crippen molar-refractivity contribution < 1.29 is 0 Å². The molecule has 0 amide bonds. The van der Waals surface area contributed by atoms with Gasteiger partial charge in [-0.05, 0) is 86.9 Å². The minimum absolute atomic E-state index is 0.00531. The molecule has 4 nitrogen and oxygen atoms in total. The van der Waals surface area contributed by atoms with Crippen LogP contribution in [-0.2, 0) is 0 Å². The molecule has 0 radical (unpaired) electrons. The van der Waals surface area contributed by atoms with Gasteiger partial charge in [-0.1, -0.05) is 182 Å². The van der Waals surface area contributed by atoms with Crippen LogP contribution in [-0.4, -0.2) is 11.5 Å². The fourth-order valence-electron chi connectivity index (χ4n) is 8.63. The fraction of sp³-hybridized carbons (Fsp3) is 0.0714. The second-order valence-corrected chi connectivity index (χ2v) is 16.8. The zero-order chi connectivity index (χ0) is 40.5. The lowest BCUT2D eigenvalue weighted by Gasteiger charge is -2.25. The van der Waals surface area contributed by atoms with Gasteiger partial charge in [0.1, 0.15) is 12.0 Å². The van der Waals surface area contributed by atoms with Gasteiger partial charge < -0.3 is 10.6 Å². The molecule has 0 spiro atoms. The summed E-state index contributed by atoms with van der Waals surface area (Å²) in [4.78, 5) is 10.3. The maximum atomic E-state index is 5.17. The lowest BCUT2D eigenvalue weighted by Crippen LogP contribution is -2.31. The maximum absolute atomic E-state index is 5.17. The molecule has 292 valence electrons. The summed E-state index contributed by atoms with van der Waals surface area (Å²) in [6, 6.07) is 64.8. The molecule has 11 rings (SSSR count). The van der Waals surface area contributed by atoms with Crippen LogP contribution >= 0.6 is 11.3 Å². The Kier molecular flexibility index (Phi) is 9.64. The van der Waals surface area contributed by atoms with E-state index in [1.807, 2.05) is 23.5 Å². The van der Waals surface area contributed by atoms with Crippen LogP contribution in [0, 0.1) is 0 Å². The summed E-state index contributed by atoms with van der Waals surface area (Å²) in [6.45, 7) is 0. The van der Waals surface area contributed by atoms with Crippen molar-refractivity contribution in [2.75, 3.05) is 0 Å². The van der Waals surface area contributed by atoms with Crippen LogP contribution in [0.25, 0.3) is 55.9 Å². The van der Waals surface area contributed by atoms with Gasteiger partial charge in [-0.25, -0.2) is 4.99 Å². The largest absolute Gasteiger partial charge is 0.360 e. The van der Waals surface area contributed by atoms with Crippen LogP contribution in [0.4, 0.5) is 0 Å². The Labute approximate surface area is 360 Å². The van der Waals surface area contributed by atoms with Crippen LogP contribution in [0.1, 0.15) is 58.4 Å². The third-order valence-electron chi connectivity index (χ3n) is 11.8. The molecule has 0 saturated carbocycles. The molecular weight excluding hydrogens is 761 g/mol. The van der Waals surface area contributed by atoms with Gasteiger partial charge in [0.25, 0.3) is 0 Å². The minimum atomic E-state index is -0.182. The highest BCUT2D eigenvalue weighted by Crippen LogP contribution is 2.37. The highest BCUT2D eigenvalue weighted by atomic mass is 32.1. The van der Waals surface area contributed by atoms with Gasteiger partial charge in [-0.15, -0.1) is 11.3 Å². The second kappa shape index (κ2) is 16.0. The number of fused-ring (bicyclic) bond motifs is 3. The number of thiophene rings is 1. The van der Waals surface area contributed by atoms with E-state index in [2.05, 4.69) is 205 Å². The van der Waals surface area contributed by atoms with Crippen molar-refractivity contribution in [1.29, 1.82) is 0 Å². The van der Waals surface area contributed by atoms with Gasteiger partial charge in [-0.3, -0.25) is 4.99 Å². The van der Waals surface area contributed by atoms with Gasteiger partial charge in [0, 0.05) is 31.4 Å². The molecule has 2 aliphatic heterocycles. The molecule has 7 aromatic carbocycles.